The fourth-order valence-corrected chi connectivity index (χ4v) is 2.79. The number of hydrogen-bond acceptors (Lipinski definition) is 5. The molecule has 7 heteroatoms. The van der Waals surface area contributed by atoms with Crippen molar-refractivity contribution in [1.82, 2.24) is 0 Å². The molecular weight excluding hydrogens is 410 g/mol. The number of rotatable bonds is 6. The predicted octanol–water partition coefficient (Wildman–Crippen LogP) is 4.21. The van der Waals surface area contributed by atoms with Crippen LogP contribution in [0.1, 0.15) is 11.1 Å². The first-order valence-corrected chi connectivity index (χ1v) is 8.65. The Labute approximate surface area is 165 Å². The molecule has 6 nitrogen and oxygen atoms in total. The smallest absolute Gasteiger partial charge is 0.266 e. The van der Waals surface area contributed by atoms with Crippen molar-refractivity contribution in [3.8, 4) is 23.6 Å². The molecule has 136 valence electrons. The molecule has 27 heavy (non-hydrogen) atoms. The predicted molar refractivity (Wildman–Crippen MR) is 105 cm³/mol. The first-order chi connectivity index (χ1) is 13.0. The minimum absolute atomic E-state index is 0.0600. The summed E-state index contributed by atoms with van der Waals surface area (Å²) in [6.07, 6.45) is 1.45. The highest BCUT2D eigenvalue weighted by molar-refractivity contribution is 9.10. The fourth-order valence-electron chi connectivity index (χ4n) is 2.22. The number of ether oxygens (including phenoxy) is 2. The van der Waals surface area contributed by atoms with Crippen LogP contribution in [0.5, 0.6) is 11.5 Å². The van der Waals surface area contributed by atoms with Gasteiger partial charge in [-0.1, -0.05) is 17.7 Å². The van der Waals surface area contributed by atoms with E-state index in [1.165, 1.54) is 13.2 Å². The molecule has 0 aliphatic heterocycles. The van der Waals surface area contributed by atoms with Crippen LogP contribution in [0.25, 0.3) is 6.08 Å². The van der Waals surface area contributed by atoms with Crippen LogP contribution < -0.4 is 14.8 Å². The van der Waals surface area contributed by atoms with E-state index < -0.39 is 5.91 Å². The van der Waals surface area contributed by atoms with Crippen molar-refractivity contribution < 1.29 is 14.3 Å². The Morgan fingerprint density at radius 3 is 2.56 bits per heavy atom. The van der Waals surface area contributed by atoms with Crippen LogP contribution in [0.4, 0.5) is 5.69 Å². The number of halogens is 1. The van der Waals surface area contributed by atoms with Crippen molar-refractivity contribution in [3.05, 3.63) is 57.6 Å². The second-order valence-electron chi connectivity index (χ2n) is 5.47. The van der Waals surface area contributed by atoms with Crippen LogP contribution >= 0.6 is 15.9 Å². The first-order valence-electron chi connectivity index (χ1n) is 7.85. The van der Waals surface area contributed by atoms with E-state index in [-0.39, 0.29) is 12.2 Å². The number of anilines is 1. The van der Waals surface area contributed by atoms with Crippen molar-refractivity contribution in [2.45, 2.75) is 6.92 Å². The molecule has 0 aromatic heterocycles. The van der Waals surface area contributed by atoms with Gasteiger partial charge in [0.2, 0.25) is 0 Å². The van der Waals surface area contributed by atoms with E-state index >= 15 is 0 Å². The van der Waals surface area contributed by atoms with Gasteiger partial charge in [0, 0.05) is 5.69 Å². The maximum atomic E-state index is 12.4. The quantitative estimate of drug-likeness (QED) is 0.552. The van der Waals surface area contributed by atoms with Gasteiger partial charge in [-0.2, -0.15) is 10.5 Å². The molecule has 0 aliphatic rings. The molecule has 2 aromatic rings. The maximum absolute atomic E-state index is 12.4. The van der Waals surface area contributed by atoms with Gasteiger partial charge in [-0.25, -0.2) is 0 Å². The van der Waals surface area contributed by atoms with E-state index in [4.69, 9.17) is 14.7 Å². The molecular formula is C20H16BrN3O3. The molecule has 1 amide bonds. The standard InChI is InChI=1S/C20H16BrN3O3/c1-13-3-5-16(6-4-13)24-20(25)15(12-23)9-14-10-17(21)19(27-8-7-22)18(11-14)26-2/h3-6,9-11H,8H2,1-2H3,(H,24,25)/b15-9+. The highest BCUT2D eigenvalue weighted by atomic mass is 79.9. The molecule has 0 unspecified atom stereocenters. The highest BCUT2D eigenvalue weighted by Gasteiger charge is 2.14. The molecule has 0 spiro atoms. The third kappa shape index (κ3) is 5.34. The summed E-state index contributed by atoms with van der Waals surface area (Å²) in [5.74, 6) is 0.238. The first kappa shape index (κ1) is 20.0. The molecule has 0 heterocycles. The molecule has 0 saturated heterocycles. The zero-order chi connectivity index (χ0) is 19.8. The SMILES string of the molecule is COc1cc(/C=C(\C#N)C(=O)Nc2ccc(C)cc2)cc(Br)c1OCC#N. The normalized spacial score (nSPS) is 10.5. The molecule has 0 bridgehead atoms. The summed E-state index contributed by atoms with van der Waals surface area (Å²) in [5.41, 5.74) is 2.18. The van der Waals surface area contributed by atoms with Gasteiger partial charge < -0.3 is 14.8 Å². The maximum Gasteiger partial charge on any atom is 0.266 e. The van der Waals surface area contributed by atoms with Crippen molar-refractivity contribution in [2.24, 2.45) is 0 Å². The largest absolute Gasteiger partial charge is 0.493 e. The third-order valence-electron chi connectivity index (χ3n) is 3.52. The Morgan fingerprint density at radius 1 is 1.26 bits per heavy atom. The number of nitrogens with zero attached hydrogens (tertiary/aromatic N) is 2. The van der Waals surface area contributed by atoms with Gasteiger partial charge in [-0.05, 0) is 58.8 Å². The lowest BCUT2D eigenvalue weighted by atomic mass is 10.1. The van der Waals surface area contributed by atoms with Crippen molar-refractivity contribution in [2.75, 3.05) is 19.0 Å². The Morgan fingerprint density at radius 2 is 1.96 bits per heavy atom. The second kappa shape index (κ2) is 9.42. The second-order valence-corrected chi connectivity index (χ2v) is 6.33. The molecule has 0 aliphatic carbocycles. The topological polar surface area (TPSA) is 95.1 Å². The van der Waals surface area contributed by atoms with Gasteiger partial charge in [0.1, 0.15) is 17.7 Å². The molecule has 2 rings (SSSR count). The van der Waals surface area contributed by atoms with Crippen LogP contribution in [-0.2, 0) is 4.79 Å². The molecule has 0 radical (unpaired) electrons. The average Bonchev–Trinajstić information content (AvgIpc) is 2.66. The Hall–Kier alpha value is -3.29. The molecule has 0 atom stereocenters. The number of carbonyl (C=O) groups excluding carboxylic acids is 1. The molecule has 1 N–H and O–H groups in total. The number of hydrogen-bond donors (Lipinski definition) is 1. The van der Waals surface area contributed by atoms with E-state index in [0.717, 1.165) is 5.56 Å². The summed E-state index contributed by atoms with van der Waals surface area (Å²) in [7, 11) is 1.46. The summed E-state index contributed by atoms with van der Waals surface area (Å²) >= 11 is 3.35. The lowest BCUT2D eigenvalue weighted by molar-refractivity contribution is -0.112. The number of carbonyl (C=O) groups is 1. The van der Waals surface area contributed by atoms with E-state index in [9.17, 15) is 10.1 Å². The lowest BCUT2D eigenvalue weighted by Crippen LogP contribution is -2.13. The molecule has 2 aromatic carbocycles. The van der Waals surface area contributed by atoms with Crippen LogP contribution in [-0.4, -0.2) is 19.6 Å². The summed E-state index contributed by atoms with van der Waals surface area (Å²) < 4.78 is 11.1. The minimum atomic E-state index is -0.513. The number of aryl methyl sites for hydroxylation is 1. The van der Waals surface area contributed by atoms with Gasteiger partial charge in [-0.15, -0.1) is 0 Å². The lowest BCUT2D eigenvalue weighted by Gasteiger charge is -2.11. The van der Waals surface area contributed by atoms with Crippen molar-refractivity contribution in [3.63, 3.8) is 0 Å². The van der Waals surface area contributed by atoms with E-state index in [0.29, 0.717) is 27.2 Å². The zero-order valence-electron chi connectivity index (χ0n) is 14.7. The van der Waals surface area contributed by atoms with Gasteiger partial charge >= 0.3 is 0 Å². The Kier molecular flexibility index (Phi) is 6.99. The monoisotopic (exact) mass is 425 g/mol. The fraction of sp³-hybridized carbons (Fsp3) is 0.150. The van der Waals surface area contributed by atoms with Crippen molar-refractivity contribution >= 4 is 33.6 Å². The van der Waals surface area contributed by atoms with E-state index in [1.807, 2.05) is 31.2 Å². The van der Waals surface area contributed by atoms with Gasteiger partial charge in [0.05, 0.1) is 11.6 Å². The highest BCUT2D eigenvalue weighted by Crippen LogP contribution is 2.37. The summed E-state index contributed by atoms with van der Waals surface area (Å²) in [6.45, 7) is 1.81. The summed E-state index contributed by atoms with van der Waals surface area (Å²) in [6, 6.07) is 14.4. The van der Waals surface area contributed by atoms with Crippen LogP contribution in [0.2, 0.25) is 0 Å². The van der Waals surface area contributed by atoms with Crippen LogP contribution in [0.15, 0.2) is 46.4 Å². The summed E-state index contributed by atoms with van der Waals surface area (Å²) in [5, 5.41) is 20.7. The molecule has 0 fully saturated rings. The van der Waals surface area contributed by atoms with Gasteiger partial charge in [-0.3, -0.25) is 4.79 Å². The third-order valence-corrected chi connectivity index (χ3v) is 4.11. The minimum Gasteiger partial charge on any atom is -0.493 e. The van der Waals surface area contributed by atoms with Crippen molar-refractivity contribution in [1.29, 1.82) is 10.5 Å². The summed E-state index contributed by atoms with van der Waals surface area (Å²) in [4.78, 5) is 12.4. The van der Waals surface area contributed by atoms with Crippen LogP contribution in [0.3, 0.4) is 0 Å². The number of benzene rings is 2. The van der Waals surface area contributed by atoms with Crippen LogP contribution in [0, 0.1) is 29.6 Å². The van der Waals surface area contributed by atoms with E-state index in [2.05, 4.69) is 21.2 Å². The average molecular weight is 426 g/mol. The van der Waals surface area contributed by atoms with Gasteiger partial charge in [0.25, 0.3) is 5.91 Å². The Bertz CT molecular complexity index is 954. The number of nitrogens with one attached hydrogen (secondary N) is 1. The van der Waals surface area contributed by atoms with Gasteiger partial charge in [0.15, 0.2) is 18.1 Å². The number of methoxy groups -OCH3 is 1. The number of nitriles is 2. The zero-order valence-corrected chi connectivity index (χ0v) is 16.3. The number of amides is 1. The molecule has 0 saturated carbocycles. The van der Waals surface area contributed by atoms with E-state index in [1.54, 1.807) is 24.3 Å². The Balaban J connectivity index is 2.29.